The molecule has 3 rings (SSSR count). The van der Waals surface area contributed by atoms with Gasteiger partial charge in [0.2, 0.25) is 0 Å². The summed E-state index contributed by atoms with van der Waals surface area (Å²) in [6.07, 6.45) is 7.27. The molecular weight excluding hydrogens is 248 g/mol. The second kappa shape index (κ2) is 4.66. The summed E-state index contributed by atoms with van der Waals surface area (Å²) in [4.78, 5) is 8.55. The Morgan fingerprint density at radius 2 is 1.78 bits per heavy atom. The lowest BCUT2D eigenvalue weighted by Gasteiger charge is -2.06. The Hall–Kier alpha value is -2.07. The summed E-state index contributed by atoms with van der Waals surface area (Å²) in [5, 5.41) is 4.01. The first-order chi connectivity index (χ1) is 8.83. The Morgan fingerprint density at radius 1 is 1.06 bits per heavy atom. The third kappa shape index (κ3) is 2.15. The molecule has 0 saturated carbocycles. The largest absolute Gasteiger partial charge is 0.363 e. The highest BCUT2D eigenvalue weighted by atomic mass is 35.5. The number of hydrogen-bond donors (Lipinski definition) is 1. The van der Waals surface area contributed by atoms with Crippen molar-refractivity contribution in [3.05, 3.63) is 59.6 Å². The summed E-state index contributed by atoms with van der Waals surface area (Å²) in [6.45, 7) is 0.691. The zero-order valence-corrected chi connectivity index (χ0v) is 10.3. The molecule has 0 atom stereocenters. The first-order valence-corrected chi connectivity index (χ1v) is 5.97. The molecule has 0 aliphatic rings. The molecule has 3 aromatic rings. The molecule has 0 saturated heterocycles. The molecule has 2 aromatic heterocycles. The number of aromatic nitrogens is 3. The standard InChI is InChI=1S/C13H11ClN4/c14-11-3-1-10(2-4-11)9-17-12-13-16-6-8-18(13)7-5-15-12/h1-8H,9H2,(H,15,17). The maximum absolute atomic E-state index is 5.85. The lowest BCUT2D eigenvalue weighted by molar-refractivity contribution is 1.07. The van der Waals surface area contributed by atoms with Crippen LogP contribution in [0.5, 0.6) is 0 Å². The van der Waals surface area contributed by atoms with Gasteiger partial charge in [0.05, 0.1) is 0 Å². The van der Waals surface area contributed by atoms with E-state index in [1.807, 2.05) is 41.1 Å². The van der Waals surface area contributed by atoms with Gasteiger partial charge < -0.3 is 9.72 Å². The zero-order valence-electron chi connectivity index (χ0n) is 9.55. The van der Waals surface area contributed by atoms with Crippen molar-refractivity contribution in [2.24, 2.45) is 0 Å². The Bertz CT molecular complexity index is 660. The average Bonchev–Trinajstić information content (AvgIpc) is 2.87. The Kier molecular flexibility index (Phi) is 2.86. The Labute approximate surface area is 109 Å². The van der Waals surface area contributed by atoms with Crippen LogP contribution in [0.15, 0.2) is 49.1 Å². The van der Waals surface area contributed by atoms with Crippen molar-refractivity contribution < 1.29 is 0 Å². The van der Waals surface area contributed by atoms with E-state index in [1.54, 1.807) is 12.4 Å². The van der Waals surface area contributed by atoms with Crippen molar-refractivity contribution in [2.75, 3.05) is 5.32 Å². The molecule has 1 N–H and O–H groups in total. The lowest BCUT2D eigenvalue weighted by Crippen LogP contribution is -2.03. The molecule has 0 spiro atoms. The summed E-state index contributed by atoms with van der Waals surface area (Å²) >= 11 is 5.85. The third-order valence-corrected chi connectivity index (χ3v) is 2.94. The molecule has 18 heavy (non-hydrogen) atoms. The first kappa shape index (κ1) is 11.0. The van der Waals surface area contributed by atoms with E-state index in [0.29, 0.717) is 6.54 Å². The van der Waals surface area contributed by atoms with Crippen LogP contribution in [0.4, 0.5) is 5.82 Å². The van der Waals surface area contributed by atoms with Gasteiger partial charge in [0.25, 0.3) is 0 Å². The summed E-state index contributed by atoms with van der Waals surface area (Å²) in [7, 11) is 0. The lowest BCUT2D eigenvalue weighted by atomic mass is 10.2. The van der Waals surface area contributed by atoms with Crippen molar-refractivity contribution in [3.63, 3.8) is 0 Å². The fourth-order valence-electron chi connectivity index (χ4n) is 1.77. The molecule has 2 heterocycles. The van der Waals surface area contributed by atoms with Gasteiger partial charge in [0.15, 0.2) is 11.5 Å². The predicted octanol–water partition coefficient (Wildman–Crippen LogP) is 2.99. The molecule has 0 radical (unpaired) electrons. The molecule has 4 nitrogen and oxygen atoms in total. The summed E-state index contributed by atoms with van der Waals surface area (Å²) in [5.41, 5.74) is 1.97. The van der Waals surface area contributed by atoms with Gasteiger partial charge in [-0.2, -0.15) is 0 Å². The molecule has 0 bridgehead atoms. The molecule has 0 amide bonds. The van der Waals surface area contributed by atoms with E-state index in [4.69, 9.17) is 11.6 Å². The average molecular weight is 259 g/mol. The number of fused-ring (bicyclic) bond motifs is 1. The minimum Gasteiger partial charge on any atom is -0.363 e. The molecule has 0 unspecified atom stereocenters. The molecule has 90 valence electrons. The van der Waals surface area contributed by atoms with Crippen molar-refractivity contribution >= 4 is 23.1 Å². The molecule has 0 fully saturated rings. The van der Waals surface area contributed by atoms with Crippen LogP contribution in [-0.2, 0) is 6.54 Å². The van der Waals surface area contributed by atoms with Gasteiger partial charge in [-0.05, 0) is 17.7 Å². The highest BCUT2D eigenvalue weighted by Crippen LogP contribution is 2.14. The maximum Gasteiger partial charge on any atom is 0.180 e. The van der Waals surface area contributed by atoms with E-state index in [1.165, 1.54) is 0 Å². The number of halogens is 1. The smallest absolute Gasteiger partial charge is 0.180 e. The van der Waals surface area contributed by atoms with Crippen LogP contribution in [0.3, 0.4) is 0 Å². The summed E-state index contributed by atoms with van der Waals surface area (Å²) < 4.78 is 1.93. The minimum absolute atomic E-state index is 0.691. The van der Waals surface area contributed by atoms with Gasteiger partial charge in [0, 0.05) is 36.4 Å². The van der Waals surface area contributed by atoms with Gasteiger partial charge in [0.1, 0.15) is 0 Å². The molecule has 0 aliphatic heterocycles. The molecule has 1 aromatic carbocycles. The van der Waals surface area contributed by atoms with E-state index in [2.05, 4.69) is 15.3 Å². The maximum atomic E-state index is 5.85. The van der Waals surface area contributed by atoms with Gasteiger partial charge in [-0.3, -0.25) is 0 Å². The van der Waals surface area contributed by atoms with E-state index in [9.17, 15) is 0 Å². The van der Waals surface area contributed by atoms with Crippen LogP contribution >= 0.6 is 11.6 Å². The van der Waals surface area contributed by atoms with Gasteiger partial charge in [-0.15, -0.1) is 0 Å². The highest BCUT2D eigenvalue weighted by molar-refractivity contribution is 6.30. The zero-order chi connectivity index (χ0) is 12.4. The van der Waals surface area contributed by atoms with Crippen LogP contribution in [0.25, 0.3) is 5.65 Å². The second-order valence-electron chi connectivity index (χ2n) is 3.91. The topological polar surface area (TPSA) is 42.2 Å². The van der Waals surface area contributed by atoms with E-state index < -0.39 is 0 Å². The van der Waals surface area contributed by atoms with Crippen LogP contribution < -0.4 is 5.32 Å². The van der Waals surface area contributed by atoms with Crippen molar-refractivity contribution in [2.45, 2.75) is 6.54 Å². The molecule has 0 aliphatic carbocycles. The van der Waals surface area contributed by atoms with Gasteiger partial charge in [-0.1, -0.05) is 23.7 Å². The predicted molar refractivity (Wildman–Crippen MR) is 71.8 cm³/mol. The van der Waals surface area contributed by atoms with E-state index in [-0.39, 0.29) is 0 Å². The number of rotatable bonds is 3. The number of nitrogens with one attached hydrogen (secondary N) is 1. The first-order valence-electron chi connectivity index (χ1n) is 5.59. The van der Waals surface area contributed by atoms with Gasteiger partial charge >= 0.3 is 0 Å². The number of nitrogens with zero attached hydrogens (tertiary/aromatic N) is 3. The fraction of sp³-hybridized carbons (Fsp3) is 0.0769. The van der Waals surface area contributed by atoms with Crippen LogP contribution in [-0.4, -0.2) is 14.4 Å². The summed E-state index contributed by atoms with van der Waals surface area (Å²) in [6, 6.07) is 7.73. The third-order valence-electron chi connectivity index (χ3n) is 2.68. The molecule has 5 heteroatoms. The highest BCUT2D eigenvalue weighted by Gasteiger charge is 2.02. The van der Waals surface area contributed by atoms with E-state index >= 15 is 0 Å². The minimum atomic E-state index is 0.691. The number of hydrogen-bond acceptors (Lipinski definition) is 3. The summed E-state index contributed by atoms with van der Waals surface area (Å²) in [5.74, 6) is 0.775. The van der Waals surface area contributed by atoms with Crippen LogP contribution in [0.1, 0.15) is 5.56 Å². The van der Waals surface area contributed by atoms with Crippen molar-refractivity contribution in [1.82, 2.24) is 14.4 Å². The SMILES string of the molecule is Clc1ccc(CNc2nccn3ccnc23)cc1. The van der Waals surface area contributed by atoms with Crippen LogP contribution in [0, 0.1) is 0 Å². The number of benzene rings is 1. The normalized spacial score (nSPS) is 10.7. The van der Waals surface area contributed by atoms with Gasteiger partial charge in [-0.25, -0.2) is 9.97 Å². The quantitative estimate of drug-likeness (QED) is 0.785. The van der Waals surface area contributed by atoms with Crippen molar-refractivity contribution in [3.8, 4) is 0 Å². The van der Waals surface area contributed by atoms with Crippen LogP contribution in [0.2, 0.25) is 5.02 Å². The fourth-order valence-corrected chi connectivity index (χ4v) is 1.89. The molecular formula is C13H11ClN4. The van der Waals surface area contributed by atoms with Crippen molar-refractivity contribution in [1.29, 1.82) is 0 Å². The monoisotopic (exact) mass is 258 g/mol. The Balaban J connectivity index is 1.80. The van der Waals surface area contributed by atoms with E-state index in [0.717, 1.165) is 22.1 Å². The second-order valence-corrected chi connectivity index (χ2v) is 4.35. The number of anilines is 1. The Morgan fingerprint density at radius 3 is 2.56 bits per heavy atom. The number of imidazole rings is 1.